The zero-order chi connectivity index (χ0) is 22.8. The standard InChI is InChI=1S/C26H32N2O4/c1-5-27(6-2)26(30)23-18-11-9-10-12-19(18)25(29)28-14-13-17-15-21(31-7-3)22(32-8-4)16-20(17)24(23)28/h9-12,15-16,23-24H,5-8,13-14H2,1-4H3/t23-,24-/m1/s1. The summed E-state index contributed by atoms with van der Waals surface area (Å²) in [4.78, 5) is 31.0. The highest BCUT2D eigenvalue weighted by Gasteiger charge is 2.47. The summed E-state index contributed by atoms with van der Waals surface area (Å²) in [6.07, 6.45) is 0.721. The fourth-order valence-corrected chi connectivity index (χ4v) is 5.07. The van der Waals surface area contributed by atoms with E-state index in [-0.39, 0.29) is 17.9 Å². The van der Waals surface area contributed by atoms with Gasteiger partial charge in [-0.3, -0.25) is 9.59 Å². The molecule has 4 rings (SSSR count). The molecular formula is C26H32N2O4. The van der Waals surface area contributed by atoms with Crippen molar-refractivity contribution in [2.24, 2.45) is 0 Å². The summed E-state index contributed by atoms with van der Waals surface area (Å²) in [6, 6.07) is 11.2. The van der Waals surface area contributed by atoms with Crippen LogP contribution in [0.5, 0.6) is 11.5 Å². The lowest BCUT2D eigenvalue weighted by molar-refractivity contribution is -0.134. The number of ether oxygens (including phenoxy) is 2. The second kappa shape index (κ2) is 9.23. The Morgan fingerprint density at radius 3 is 2.31 bits per heavy atom. The van der Waals surface area contributed by atoms with Crippen LogP contribution >= 0.6 is 0 Å². The van der Waals surface area contributed by atoms with Crippen LogP contribution in [-0.2, 0) is 11.2 Å². The van der Waals surface area contributed by atoms with Crippen molar-refractivity contribution in [2.45, 2.75) is 46.1 Å². The fourth-order valence-electron chi connectivity index (χ4n) is 5.07. The van der Waals surface area contributed by atoms with Gasteiger partial charge in [0.05, 0.1) is 25.2 Å². The van der Waals surface area contributed by atoms with Crippen LogP contribution in [0.15, 0.2) is 36.4 Å². The van der Waals surface area contributed by atoms with Crippen molar-refractivity contribution in [2.75, 3.05) is 32.8 Å². The summed E-state index contributed by atoms with van der Waals surface area (Å²) in [7, 11) is 0. The van der Waals surface area contributed by atoms with Crippen molar-refractivity contribution in [3.63, 3.8) is 0 Å². The summed E-state index contributed by atoms with van der Waals surface area (Å²) in [5, 5.41) is 0. The average Bonchev–Trinajstić information content (AvgIpc) is 2.81. The average molecular weight is 437 g/mol. The van der Waals surface area contributed by atoms with E-state index in [0.717, 1.165) is 28.9 Å². The first-order valence-corrected chi connectivity index (χ1v) is 11.7. The Kier molecular flexibility index (Phi) is 6.40. The molecule has 0 aromatic heterocycles. The number of hydrogen-bond acceptors (Lipinski definition) is 4. The molecule has 0 fully saturated rings. The van der Waals surface area contributed by atoms with Crippen molar-refractivity contribution in [1.29, 1.82) is 0 Å². The number of rotatable bonds is 7. The minimum absolute atomic E-state index is 0.00769. The predicted octanol–water partition coefficient (Wildman–Crippen LogP) is 4.19. The molecule has 2 atom stereocenters. The van der Waals surface area contributed by atoms with Gasteiger partial charge < -0.3 is 19.3 Å². The predicted molar refractivity (Wildman–Crippen MR) is 123 cm³/mol. The molecule has 2 aromatic rings. The molecule has 0 radical (unpaired) electrons. The van der Waals surface area contributed by atoms with Gasteiger partial charge in [-0.2, -0.15) is 0 Å². The highest BCUT2D eigenvalue weighted by atomic mass is 16.5. The molecule has 2 aliphatic heterocycles. The van der Waals surface area contributed by atoms with Gasteiger partial charge in [0.2, 0.25) is 5.91 Å². The minimum Gasteiger partial charge on any atom is -0.490 e. The number of likely N-dealkylation sites (N-methyl/N-ethyl adjacent to an activating group) is 1. The van der Waals surface area contributed by atoms with Gasteiger partial charge >= 0.3 is 0 Å². The molecule has 0 aliphatic carbocycles. The van der Waals surface area contributed by atoms with Gasteiger partial charge in [-0.15, -0.1) is 0 Å². The maximum atomic E-state index is 13.8. The number of benzene rings is 2. The summed E-state index contributed by atoms with van der Waals surface area (Å²) < 4.78 is 11.7. The van der Waals surface area contributed by atoms with Gasteiger partial charge in [0.1, 0.15) is 0 Å². The van der Waals surface area contributed by atoms with Crippen molar-refractivity contribution in [3.8, 4) is 11.5 Å². The summed E-state index contributed by atoms with van der Waals surface area (Å²) >= 11 is 0. The van der Waals surface area contributed by atoms with Crippen LogP contribution in [-0.4, -0.2) is 54.5 Å². The second-order valence-electron chi connectivity index (χ2n) is 8.13. The normalized spacial score (nSPS) is 19.0. The molecule has 0 saturated carbocycles. The molecule has 0 bridgehead atoms. The first kappa shape index (κ1) is 22.2. The minimum atomic E-state index is -0.449. The Balaban J connectivity index is 1.91. The Bertz CT molecular complexity index is 1010. The molecule has 32 heavy (non-hydrogen) atoms. The lowest BCUT2D eigenvalue weighted by Gasteiger charge is -2.46. The SMILES string of the molecule is CCOc1cc2c(cc1OCC)[C@@H]1[C@H](C(=O)N(CC)CC)c3ccccc3C(=O)N1CC2. The largest absolute Gasteiger partial charge is 0.490 e. The van der Waals surface area contributed by atoms with Gasteiger partial charge in [-0.25, -0.2) is 0 Å². The highest BCUT2D eigenvalue weighted by molar-refractivity contribution is 6.01. The van der Waals surface area contributed by atoms with E-state index in [1.54, 1.807) is 0 Å². The van der Waals surface area contributed by atoms with E-state index < -0.39 is 5.92 Å². The Hall–Kier alpha value is -3.02. The smallest absolute Gasteiger partial charge is 0.254 e. The molecule has 2 amide bonds. The third kappa shape index (κ3) is 3.61. The monoisotopic (exact) mass is 436 g/mol. The van der Waals surface area contributed by atoms with E-state index in [9.17, 15) is 9.59 Å². The summed E-state index contributed by atoms with van der Waals surface area (Å²) in [6.45, 7) is 10.8. The van der Waals surface area contributed by atoms with Crippen LogP contribution in [0.25, 0.3) is 0 Å². The van der Waals surface area contributed by atoms with E-state index in [2.05, 4.69) is 0 Å². The zero-order valence-corrected chi connectivity index (χ0v) is 19.4. The molecule has 0 unspecified atom stereocenters. The highest BCUT2D eigenvalue weighted by Crippen LogP contribution is 2.48. The molecule has 0 spiro atoms. The Labute approximate surface area is 190 Å². The topological polar surface area (TPSA) is 59.1 Å². The van der Waals surface area contributed by atoms with Crippen LogP contribution < -0.4 is 9.47 Å². The van der Waals surface area contributed by atoms with Crippen LogP contribution in [0, 0.1) is 0 Å². The molecule has 2 aromatic carbocycles. The summed E-state index contributed by atoms with van der Waals surface area (Å²) in [5.41, 5.74) is 3.54. The van der Waals surface area contributed by atoms with E-state index in [0.29, 0.717) is 44.2 Å². The maximum Gasteiger partial charge on any atom is 0.254 e. The number of nitrogens with zero attached hydrogens (tertiary/aromatic N) is 2. The molecule has 0 N–H and O–H groups in total. The van der Waals surface area contributed by atoms with Gasteiger partial charge in [-0.1, -0.05) is 18.2 Å². The van der Waals surface area contributed by atoms with E-state index in [1.807, 2.05) is 73.9 Å². The van der Waals surface area contributed by atoms with Crippen LogP contribution in [0.3, 0.4) is 0 Å². The molecule has 6 nitrogen and oxygen atoms in total. The lowest BCUT2D eigenvalue weighted by atomic mass is 9.75. The van der Waals surface area contributed by atoms with E-state index >= 15 is 0 Å². The number of fused-ring (bicyclic) bond motifs is 4. The third-order valence-electron chi connectivity index (χ3n) is 6.53. The van der Waals surface area contributed by atoms with Crippen LogP contribution in [0.1, 0.15) is 66.7 Å². The van der Waals surface area contributed by atoms with Crippen molar-refractivity contribution in [3.05, 3.63) is 58.7 Å². The number of carbonyl (C=O) groups excluding carboxylic acids is 2. The quantitative estimate of drug-likeness (QED) is 0.653. The zero-order valence-electron chi connectivity index (χ0n) is 19.4. The Morgan fingerprint density at radius 1 is 1.00 bits per heavy atom. The molecule has 170 valence electrons. The van der Waals surface area contributed by atoms with Gasteiger partial charge in [0.25, 0.3) is 5.91 Å². The van der Waals surface area contributed by atoms with Crippen LogP contribution in [0.2, 0.25) is 0 Å². The molecule has 6 heteroatoms. The van der Waals surface area contributed by atoms with Gasteiger partial charge in [0, 0.05) is 25.2 Å². The van der Waals surface area contributed by atoms with Gasteiger partial charge in [-0.05, 0) is 69.0 Å². The summed E-state index contributed by atoms with van der Waals surface area (Å²) in [5.74, 6) is 0.984. The molecule has 2 heterocycles. The Morgan fingerprint density at radius 2 is 1.66 bits per heavy atom. The molecule has 2 aliphatic rings. The number of carbonyl (C=O) groups is 2. The first-order chi connectivity index (χ1) is 15.5. The second-order valence-corrected chi connectivity index (χ2v) is 8.13. The van der Waals surface area contributed by atoms with Crippen LogP contribution in [0.4, 0.5) is 0 Å². The fraction of sp³-hybridized carbons (Fsp3) is 0.462. The first-order valence-electron chi connectivity index (χ1n) is 11.7. The lowest BCUT2D eigenvalue weighted by Crippen LogP contribution is -2.50. The van der Waals surface area contributed by atoms with Gasteiger partial charge in [0.15, 0.2) is 11.5 Å². The number of hydrogen-bond donors (Lipinski definition) is 0. The van der Waals surface area contributed by atoms with E-state index in [1.165, 1.54) is 0 Å². The third-order valence-corrected chi connectivity index (χ3v) is 6.53. The maximum absolute atomic E-state index is 13.8. The van der Waals surface area contributed by atoms with Crippen molar-refractivity contribution in [1.82, 2.24) is 9.80 Å². The molecular weight excluding hydrogens is 404 g/mol. The van der Waals surface area contributed by atoms with Crippen molar-refractivity contribution >= 4 is 11.8 Å². The van der Waals surface area contributed by atoms with E-state index in [4.69, 9.17) is 9.47 Å². The number of amides is 2. The molecule has 0 saturated heterocycles. The van der Waals surface area contributed by atoms with Crippen molar-refractivity contribution < 1.29 is 19.1 Å².